The normalized spacial score (nSPS) is 20.2. The summed E-state index contributed by atoms with van der Waals surface area (Å²) in [5.74, 6) is -1.57. The predicted octanol–water partition coefficient (Wildman–Crippen LogP) is -1.87. The monoisotopic (exact) mass is 321 g/mol. The van der Waals surface area contributed by atoms with Gasteiger partial charge in [-0.25, -0.2) is 13.4 Å². The Bertz CT molecular complexity index is 868. The Morgan fingerprint density at radius 3 is 2.45 bits per heavy atom. The van der Waals surface area contributed by atoms with Crippen LogP contribution in [0, 0.1) is 0 Å². The molecule has 0 unspecified atom stereocenters. The molecule has 1 aromatic rings. The van der Waals surface area contributed by atoms with Gasteiger partial charge in [-0.05, 0) is 25.2 Å². The van der Waals surface area contributed by atoms with E-state index in [1.165, 1.54) is 22.5 Å². The third-order valence-electron chi connectivity index (χ3n) is 3.82. The van der Waals surface area contributed by atoms with E-state index in [4.69, 9.17) is 0 Å². The molecule has 0 aliphatic carbocycles. The smallest absolute Gasteiger partial charge is 0.304 e. The van der Waals surface area contributed by atoms with Crippen molar-refractivity contribution in [1.29, 1.82) is 0 Å². The number of amides is 1. The molecule has 0 saturated carbocycles. The summed E-state index contributed by atoms with van der Waals surface area (Å²) in [5, 5.41) is 0.682. The van der Waals surface area contributed by atoms with Crippen LogP contribution in [0.15, 0.2) is 28.1 Å². The topological polar surface area (TPSA) is 87.1 Å². The molecule has 2 aliphatic heterocycles. The summed E-state index contributed by atoms with van der Waals surface area (Å²) in [5.41, 5.74) is 0. The Morgan fingerprint density at radius 1 is 1.09 bits per heavy atom. The lowest BCUT2D eigenvalue weighted by atomic mass is 10.2. The molecule has 1 amide bonds. The summed E-state index contributed by atoms with van der Waals surface area (Å²) in [6.07, 6.45) is 1.13. The highest BCUT2D eigenvalue weighted by Gasteiger charge is 2.27. The Morgan fingerprint density at radius 2 is 1.77 bits per heavy atom. The van der Waals surface area contributed by atoms with Gasteiger partial charge in [0, 0.05) is 37.5 Å². The van der Waals surface area contributed by atoms with E-state index in [9.17, 15) is 18.0 Å². The van der Waals surface area contributed by atoms with Crippen molar-refractivity contribution in [2.24, 2.45) is 4.99 Å². The molecule has 0 aromatic heterocycles. The van der Waals surface area contributed by atoms with Gasteiger partial charge in [-0.15, -0.1) is 0 Å². The minimum Gasteiger partial charge on any atom is -0.304 e. The number of nitrogens with zero attached hydrogens (tertiary/aromatic N) is 3. The van der Waals surface area contributed by atoms with Crippen LogP contribution in [-0.2, 0) is 19.6 Å². The van der Waals surface area contributed by atoms with Crippen molar-refractivity contribution >= 4 is 27.8 Å². The van der Waals surface area contributed by atoms with Crippen LogP contribution in [0.4, 0.5) is 0 Å². The molecule has 0 radical (unpaired) electrons. The summed E-state index contributed by atoms with van der Waals surface area (Å²) in [7, 11) is -1.65. The number of Topliss-reactive ketones (excluding diaryl/α,β-unsaturated/α-hetero) is 1. The largest absolute Gasteiger partial charge is 0.317 e. The first-order valence-electron chi connectivity index (χ1n) is 6.85. The fourth-order valence-electron chi connectivity index (χ4n) is 2.46. The van der Waals surface area contributed by atoms with Crippen LogP contribution in [-0.4, -0.2) is 62.5 Å². The third-order valence-corrected chi connectivity index (χ3v) is 5.71. The molecule has 0 spiro atoms. The van der Waals surface area contributed by atoms with E-state index in [2.05, 4.69) is 9.89 Å². The molecule has 3 rings (SSSR count). The lowest BCUT2D eigenvalue weighted by molar-refractivity contribution is -0.132. The maximum atomic E-state index is 12.6. The molecule has 8 heteroatoms. The molecule has 1 aromatic carbocycles. The number of rotatable bonds is 2. The van der Waals surface area contributed by atoms with Gasteiger partial charge >= 0.3 is 5.91 Å². The Balaban J connectivity index is 2.02. The molecular formula is C14H15N3O4S. The van der Waals surface area contributed by atoms with Crippen molar-refractivity contribution in [3.8, 4) is 0 Å². The van der Waals surface area contributed by atoms with Crippen LogP contribution in [0.3, 0.4) is 0 Å². The van der Waals surface area contributed by atoms with Crippen LogP contribution in [0.25, 0.3) is 6.08 Å². The van der Waals surface area contributed by atoms with E-state index in [1.807, 2.05) is 7.05 Å². The highest BCUT2D eigenvalue weighted by atomic mass is 32.2. The van der Waals surface area contributed by atoms with Crippen LogP contribution < -0.4 is 10.6 Å². The van der Waals surface area contributed by atoms with E-state index in [0.29, 0.717) is 36.8 Å². The van der Waals surface area contributed by atoms with Gasteiger partial charge in [0.15, 0.2) is 0 Å². The van der Waals surface area contributed by atoms with Crippen molar-refractivity contribution in [1.82, 2.24) is 9.21 Å². The fourth-order valence-corrected chi connectivity index (χ4v) is 3.91. The first-order chi connectivity index (χ1) is 10.4. The van der Waals surface area contributed by atoms with E-state index >= 15 is 0 Å². The molecule has 2 aliphatic rings. The van der Waals surface area contributed by atoms with Gasteiger partial charge in [-0.2, -0.15) is 4.31 Å². The standard InChI is InChI=1S/C14H15N3O4S/c1-16-4-6-17(7-5-16)22(20,21)11-2-3-12-10(8-11)9-13(18)14(19)15-12/h2-3,8-9H,4-7H2,1H3. The maximum absolute atomic E-state index is 12.6. The van der Waals surface area contributed by atoms with Crippen LogP contribution in [0.2, 0.25) is 0 Å². The third kappa shape index (κ3) is 2.60. The molecule has 22 heavy (non-hydrogen) atoms. The van der Waals surface area contributed by atoms with Crippen molar-refractivity contribution < 1.29 is 18.0 Å². The van der Waals surface area contributed by atoms with E-state index < -0.39 is 21.7 Å². The van der Waals surface area contributed by atoms with Gasteiger partial charge in [0.2, 0.25) is 15.8 Å². The van der Waals surface area contributed by atoms with E-state index in [0.717, 1.165) is 6.08 Å². The predicted molar refractivity (Wildman–Crippen MR) is 78.0 cm³/mol. The number of carbonyl (C=O) groups is 2. The zero-order valence-electron chi connectivity index (χ0n) is 12.0. The zero-order chi connectivity index (χ0) is 15.9. The lowest BCUT2D eigenvalue weighted by Gasteiger charge is -2.31. The van der Waals surface area contributed by atoms with Gasteiger partial charge < -0.3 is 4.90 Å². The summed E-state index contributed by atoms with van der Waals surface area (Å²) < 4.78 is 26.7. The number of hydrogen-bond acceptors (Lipinski definition) is 5. The van der Waals surface area contributed by atoms with Crippen LogP contribution >= 0.6 is 0 Å². The van der Waals surface area contributed by atoms with Crippen molar-refractivity contribution in [2.75, 3.05) is 33.2 Å². The molecule has 116 valence electrons. The molecule has 1 fully saturated rings. The molecule has 0 N–H and O–H groups in total. The number of sulfonamides is 1. The van der Waals surface area contributed by atoms with Gasteiger partial charge in [0.25, 0.3) is 0 Å². The number of fused-ring (bicyclic) bond motifs is 1. The molecule has 2 heterocycles. The first kappa shape index (κ1) is 15.0. The Kier molecular flexibility index (Phi) is 3.67. The van der Waals surface area contributed by atoms with Gasteiger partial charge in [-0.3, -0.25) is 9.59 Å². The van der Waals surface area contributed by atoms with Crippen LogP contribution in [0.1, 0.15) is 0 Å². The average molecular weight is 321 g/mol. The number of carbonyl (C=O) groups excluding carboxylic acids is 2. The molecule has 7 nitrogen and oxygen atoms in total. The number of piperazine rings is 1. The summed E-state index contributed by atoms with van der Waals surface area (Å²) in [6, 6.07) is 4.28. The average Bonchev–Trinajstić information content (AvgIpc) is 2.48. The van der Waals surface area contributed by atoms with Crippen molar-refractivity contribution in [2.45, 2.75) is 4.90 Å². The van der Waals surface area contributed by atoms with Crippen molar-refractivity contribution in [3.63, 3.8) is 0 Å². The molecule has 0 atom stereocenters. The number of hydrogen-bond donors (Lipinski definition) is 0. The van der Waals surface area contributed by atoms with E-state index in [-0.39, 0.29) is 4.90 Å². The number of ketones is 1. The maximum Gasteiger partial charge on any atom is 0.317 e. The van der Waals surface area contributed by atoms with Gasteiger partial charge in [0.05, 0.1) is 10.3 Å². The highest BCUT2D eigenvalue weighted by molar-refractivity contribution is 7.89. The Labute approximate surface area is 127 Å². The van der Waals surface area contributed by atoms with Gasteiger partial charge in [-0.1, -0.05) is 0 Å². The van der Waals surface area contributed by atoms with Crippen LogP contribution in [0.5, 0.6) is 0 Å². The highest BCUT2D eigenvalue weighted by Crippen LogP contribution is 2.15. The fraction of sp³-hybridized carbons (Fsp3) is 0.357. The first-order valence-corrected chi connectivity index (χ1v) is 8.29. The Hall–Kier alpha value is -1.90. The van der Waals surface area contributed by atoms with Crippen molar-refractivity contribution in [3.05, 3.63) is 28.8 Å². The summed E-state index contributed by atoms with van der Waals surface area (Å²) in [4.78, 5) is 28.4. The lowest BCUT2D eigenvalue weighted by Crippen LogP contribution is -2.47. The van der Waals surface area contributed by atoms with E-state index in [1.54, 1.807) is 0 Å². The quantitative estimate of drug-likeness (QED) is 0.596. The molecule has 1 saturated heterocycles. The zero-order valence-corrected chi connectivity index (χ0v) is 12.8. The minimum absolute atomic E-state index is 0.115. The second-order valence-corrected chi connectivity index (χ2v) is 7.29. The second kappa shape index (κ2) is 5.38. The number of benzene rings is 1. The minimum atomic E-state index is -3.60. The number of likely N-dealkylation sites (N-methyl/N-ethyl adjacent to an activating group) is 1. The summed E-state index contributed by atoms with van der Waals surface area (Å²) in [6.45, 7) is 2.22. The SMILES string of the molecule is CN1CCN(S(=O)(=O)c2ccc3c(c2)=CC(=O)C(=O)N=3)CC1. The molecular weight excluding hydrogens is 306 g/mol. The summed E-state index contributed by atoms with van der Waals surface area (Å²) >= 11 is 0. The molecule has 0 bridgehead atoms. The van der Waals surface area contributed by atoms with Gasteiger partial charge in [0.1, 0.15) is 0 Å². The second-order valence-electron chi connectivity index (χ2n) is 5.35.